The summed E-state index contributed by atoms with van der Waals surface area (Å²) in [6.07, 6.45) is 3.01. The van der Waals surface area contributed by atoms with Crippen molar-refractivity contribution < 1.29 is 59.4 Å². The molecule has 0 bridgehead atoms. The minimum atomic E-state index is -0.540. The van der Waals surface area contributed by atoms with Crippen molar-refractivity contribution in [2.75, 3.05) is 0 Å². The number of hydrogen-bond acceptors (Lipinski definition) is 0. The Bertz CT molecular complexity index is 649. The van der Waals surface area contributed by atoms with Gasteiger partial charge in [-0.15, -0.1) is 0 Å². The van der Waals surface area contributed by atoms with Crippen LogP contribution in [-0.4, -0.2) is 0 Å². The molecule has 0 unspecified atom stereocenters. The van der Waals surface area contributed by atoms with Crippen LogP contribution in [0.25, 0.3) is 17.2 Å². The predicted molar refractivity (Wildman–Crippen MR) is 69.1 cm³/mol. The third-order valence-electron chi connectivity index (χ3n) is 3.23. The monoisotopic (exact) mass is 492 g/mol. The van der Waals surface area contributed by atoms with Gasteiger partial charge in [-0.05, 0) is 47.7 Å². The molecule has 0 N–H and O–H groups in total. The van der Waals surface area contributed by atoms with Crippen molar-refractivity contribution in [3.05, 3.63) is 64.7 Å². The molecule has 3 rings (SSSR count). The summed E-state index contributed by atoms with van der Waals surface area (Å²) in [6, 6.07) is 9.54. The number of benzene rings is 2. The number of rotatable bonds is 1. The Hall–Kier alpha value is -0.510. The van der Waals surface area contributed by atoms with Gasteiger partial charge in [0.1, 0.15) is 11.6 Å². The van der Waals surface area contributed by atoms with Crippen molar-refractivity contribution in [1.82, 2.24) is 0 Å². The maximum atomic E-state index is 13.3. The molecule has 0 saturated carbocycles. The minimum Gasteiger partial charge on any atom is -1.00 e. The van der Waals surface area contributed by atoms with Crippen LogP contribution < -0.4 is 24.8 Å². The molecule has 110 valence electrons. The zero-order valence-electron chi connectivity index (χ0n) is 11.3. The van der Waals surface area contributed by atoms with Gasteiger partial charge in [-0.25, -0.2) is 8.78 Å². The van der Waals surface area contributed by atoms with Gasteiger partial charge in [0.2, 0.25) is 0 Å². The Balaban J connectivity index is 0.00000133. The Morgan fingerprint density at radius 1 is 0.952 bits per heavy atom. The average Bonchev–Trinajstić information content (AvgIpc) is 2.67. The molecule has 0 fully saturated rings. The summed E-state index contributed by atoms with van der Waals surface area (Å²) in [7, 11) is 0. The van der Waals surface area contributed by atoms with E-state index in [0.29, 0.717) is 5.56 Å². The molecule has 0 saturated heterocycles. The maximum Gasteiger partial charge on any atom is 0.126 e. The topological polar surface area (TPSA) is 0 Å². The molecule has 0 nitrogen and oxygen atoms in total. The van der Waals surface area contributed by atoms with Crippen LogP contribution in [0.15, 0.2) is 42.0 Å². The first-order valence-corrected chi connectivity index (χ1v) is 5.89. The summed E-state index contributed by atoms with van der Waals surface area (Å²) >= 11 is 0. The van der Waals surface area contributed by atoms with E-state index in [1.807, 2.05) is 12.1 Å². The van der Waals surface area contributed by atoms with Crippen LogP contribution in [0.1, 0.15) is 18.1 Å². The molecule has 0 radical (unpaired) electrons. The van der Waals surface area contributed by atoms with Crippen molar-refractivity contribution in [2.24, 2.45) is 0 Å². The molecular weight excluding hydrogens is 480 g/mol. The Morgan fingerprint density at radius 2 is 1.57 bits per heavy atom. The second-order valence-corrected chi connectivity index (χ2v) is 4.70. The van der Waals surface area contributed by atoms with Crippen LogP contribution in [-0.2, 0) is 32.3 Å². The third kappa shape index (κ3) is 4.24. The molecule has 2 aromatic rings. The molecule has 1 aliphatic rings. The van der Waals surface area contributed by atoms with Crippen molar-refractivity contribution in [1.29, 1.82) is 0 Å². The van der Waals surface area contributed by atoms with Crippen LogP contribution >= 0.6 is 0 Å². The summed E-state index contributed by atoms with van der Waals surface area (Å²) in [5.41, 5.74) is 5.06. The van der Waals surface area contributed by atoms with Crippen molar-refractivity contribution in [3.8, 4) is 11.1 Å². The largest absolute Gasteiger partial charge is 1.00 e. The normalized spacial score (nSPS) is 11.5. The molecule has 0 atom stereocenters. The maximum absolute atomic E-state index is 13.3. The van der Waals surface area contributed by atoms with Gasteiger partial charge in [-0.2, -0.15) is 0 Å². The number of halogens is 4. The number of hydrogen-bond donors (Lipinski definition) is 0. The fourth-order valence-electron chi connectivity index (χ4n) is 2.50. The van der Waals surface area contributed by atoms with E-state index in [-0.39, 0.29) is 50.7 Å². The number of allylic oxidation sites excluding steroid dienone is 1. The Morgan fingerprint density at radius 3 is 2.19 bits per heavy atom. The van der Waals surface area contributed by atoms with Gasteiger partial charge in [0, 0.05) is 31.9 Å². The van der Waals surface area contributed by atoms with Gasteiger partial charge >= 0.3 is 0 Å². The molecule has 5 heteroatoms. The molecule has 0 spiro atoms. The third-order valence-corrected chi connectivity index (χ3v) is 3.23. The quantitative estimate of drug-likeness (QED) is 0.431. The molecule has 21 heavy (non-hydrogen) atoms. The fourth-order valence-corrected chi connectivity index (χ4v) is 2.50. The van der Waals surface area contributed by atoms with Gasteiger partial charge in [0.15, 0.2) is 0 Å². The first kappa shape index (κ1) is 20.5. The molecule has 0 heterocycles. The van der Waals surface area contributed by atoms with Gasteiger partial charge in [0.25, 0.3) is 0 Å². The predicted octanol–water partition coefficient (Wildman–Crippen LogP) is -1.40. The number of fused-ring (bicyclic) bond motifs is 1. The van der Waals surface area contributed by atoms with E-state index in [4.69, 9.17) is 0 Å². The zero-order chi connectivity index (χ0) is 12.7. The standard InChI is InChI=1S/C16H12F2.2ClH.Hf/c1-10-5-11-3-2-4-15(16(11)6-10)12-7-13(17)9-14(18)8-12;;;/h2-4,6-9H,5H2,1H3;2*1H;/p-2. The fraction of sp³-hybridized carbons (Fsp3) is 0.125. The van der Waals surface area contributed by atoms with Crippen LogP contribution in [0.5, 0.6) is 0 Å². The first-order chi connectivity index (χ1) is 8.63. The molecule has 0 aromatic heterocycles. The summed E-state index contributed by atoms with van der Waals surface area (Å²) in [6.45, 7) is 2.07. The zero-order valence-corrected chi connectivity index (χ0v) is 16.4. The van der Waals surface area contributed by atoms with Gasteiger partial charge in [-0.1, -0.05) is 29.8 Å². The Labute approximate surface area is 154 Å². The summed E-state index contributed by atoms with van der Waals surface area (Å²) in [5, 5.41) is 0. The average molecular weight is 492 g/mol. The van der Waals surface area contributed by atoms with Gasteiger partial charge in [0.05, 0.1) is 0 Å². The first-order valence-electron chi connectivity index (χ1n) is 5.89. The summed E-state index contributed by atoms with van der Waals surface area (Å²) in [4.78, 5) is 0. The second kappa shape index (κ2) is 8.21. The van der Waals surface area contributed by atoms with E-state index in [1.165, 1.54) is 23.3 Å². The molecule has 0 amide bonds. The SMILES string of the molecule is CC1=Cc2c(cccc2-c2cc(F)cc(F)c2)C1.[Cl-].[Cl-].[Hf]. The molecule has 2 aromatic carbocycles. The van der Waals surface area contributed by atoms with E-state index in [2.05, 4.69) is 19.1 Å². The van der Waals surface area contributed by atoms with Crippen molar-refractivity contribution >= 4 is 6.08 Å². The van der Waals surface area contributed by atoms with Crippen molar-refractivity contribution in [2.45, 2.75) is 13.3 Å². The van der Waals surface area contributed by atoms with E-state index in [9.17, 15) is 8.78 Å². The van der Waals surface area contributed by atoms with Crippen LogP contribution in [0.4, 0.5) is 8.78 Å². The van der Waals surface area contributed by atoms with Crippen LogP contribution in [0.3, 0.4) is 0 Å². The van der Waals surface area contributed by atoms with E-state index < -0.39 is 11.6 Å². The van der Waals surface area contributed by atoms with Gasteiger partial charge in [-0.3, -0.25) is 0 Å². The second-order valence-electron chi connectivity index (χ2n) is 4.70. The van der Waals surface area contributed by atoms with Crippen LogP contribution in [0, 0.1) is 11.6 Å². The smallest absolute Gasteiger partial charge is 0.126 e. The molecular formula is C16H12Cl2F2Hf-2. The summed E-state index contributed by atoms with van der Waals surface area (Å²) < 4.78 is 26.6. The molecule has 0 aliphatic heterocycles. The van der Waals surface area contributed by atoms with Gasteiger partial charge < -0.3 is 24.8 Å². The van der Waals surface area contributed by atoms with Crippen molar-refractivity contribution in [3.63, 3.8) is 0 Å². The van der Waals surface area contributed by atoms with E-state index >= 15 is 0 Å². The van der Waals surface area contributed by atoms with Crippen LogP contribution in [0.2, 0.25) is 0 Å². The minimum absolute atomic E-state index is 0. The van der Waals surface area contributed by atoms with E-state index in [0.717, 1.165) is 23.6 Å². The molecule has 1 aliphatic carbocycles. The Kier molecular flexibility index (Phi) is 8.01. The van der Waals surface area contributed by atoms with E-state index in [1.54, 1.807) is 0 Å². The summed E-state index contributed by atoms with van der Waals surface area (Å²) in [5.74, 6) is -1.08.